The Bertz CT molecular complexity index is 682. The molecule has 2 fully saturated rings. The Kier molecular flexibility index (Phi) is 3.64. The largest absolute Gasteiger partial charge is 0.316 e. The Labute approximate surface area is 127 Å². The standard InChI is InChI=1S/C12H14ClN3O4S/c13-10-1-2-12(11(3-10)16(17)18)21(19,20)15-6-8-4-14-5-9(8)7-15/h1-3,8-9,14H,4-7H2. The highest BCUT2D eigenvalue weighted by Crippen LogP contribution is 2.34. The van der Waals surface area contributed by atoms with Gasteiger partial charge >= 0.3 is 0 Å². The summed E-state index contributed by atoms with van der Waals surface area (Å²) in [5.41, 5.74) is -0.474. The zero-order valence-electron chi connectivity index (χ0n) is 11.0. The number of nitrogens with one attached hydrogen (secondary N) is 1. The molecular weight excluding hydrogens is 318 g/mol. The molecule has 2 saturated heterocycles. The molecule has 0 aromatic heterocycles. The maximum atomic E-state index is 12.7. The van der Waals surface area contributed by atoms with Crippen molar-refractivity contribution in [1.29, 1.82) is 0 Å². The second kappa shape index (κ2) is 5.20. The second-order valence-corrected chi connectivity index (χ2v) is 7.71. The molecule has 2 heterocycles. The second-order valence-electron chi connectivity index (χ2n) is 5.37. The summed E-state index contributed by atoms with van der Waals surface area (Å²) in [6.45, 7) is 2.39. The fourth-order valence-electron chi connectivity index (χ4n) is 3.00. The molecule has 21 heavy (non-hydrogen) atoms. The minimum absolute atomic E-state index is 0.142. The normalized spacial score (nSPS) is 26.0. The molecule has 2 unspecified atom stereocenters. The predicted octanol–water partition coefficient (Wildman–Crippen LogP) is 1.09. The van der Waals surface area contributed by atoms with Crippen LogP contribution in [0.4, 0.5) is 5.69 Å². The van der Waals surface area contributed by atoms with E-state index in [1.807, 2.05) is 0 Å². The molecule has 1 aromatic carbocycles. The molecule has 2 aliphatic heterocycles. The van der Waals surface area contributed by atoms with E-state index in [-0.39, 0.29) is 21.8 Å². The van der Waals surface area contributed by atoms with Crippen LogP contribution in [-0.4, -0.2) is 43.8 Å². The summed E-state index contributed by atoms with van der Waals surface area (Å²) in [5.74, 6) is 0.567. The van der Waals surface area contributed by atoms with E-state index < -0.39 is 20.6 Å². The minimum atomic E-state index is -3.87. The number of rotatable bonds is 3. The van der Waals surface area contributed by atoms with Crippen molar-refractivity contribution in [1.82, 2.24) is 9.62 Å². The van der Waals surface area contributed by atoms with E-state index in [2.05, 4.69) is 5.32 Å². The summed E-state index contributed by atoms with van der Waals surface area (Å²) in [6, 6.07) is 3.65. The highest BCUT2D eigenvalue weighted by atomic mass is 35.5. The summed E-state index contributed by atoms with van der Waals surface area (Å²) < 4.78 is 26.7. The fourth-order valence-corrected chi connectivity index (χ4v) is 4.86. The summed E-state index contributed by atoms with van der Waals surface area (Å²) in [7, 11) is -3.87. The van der Waals surface area contributed by atoms with Crippen molar-refractivity contribution < 1.29 is 13.3 Å². The van der Waals surface area contributed by atoms with Crippen LogP contribution in [0.2, 0.25) is 5.02 Å². The van der Waals surface area contributed by atoms with Crippen molar-refractivity contribution in [2.24, 2.45) is 11.8 Å². The first-order chi connectivity index (χ1) is 9.89. The topological polar surface area (TPSA) is 92.5 Å². The zero-order chi connectivity index (χ0) is 15.2. The molecule has 0 radical (unpaired) electrons. The lowest BCUT2D eigenvalue weighted by Gasteiger charge is -2.17. The van der Waals surface area contributed by atoms with Gasteiger partial charge in [0, 0.05) is 24.2 Å². The smallest absolute Gasteiger partial charge is 0.290 e. The Morgan fingerprint density at radius 1 is 1.29 bits per heavy atom. The number of hydrogen-bond donors (Lipinski definition) is 1. The number of hydrogen-bond acceptors (Lipinski definition) is 5. The quantitative estimate of drug-likeness (QED) is 0.661. The lowest BCUT2D eigenvalue weighted by Crippen LogP contribution is -2.32. The van der Waals surface area contributed by atoms with Gasteiger partial charge < -0.3 is 5.32 Å². The van der Waals surface area contributed by atoms with Crippen molar-refractivity contribution in [3.05, 3.63) is 33.3 Å². The number of sulfonamides is 1. The third-order valence-electron chi connectivity index (χ3n) is 4.09. The van der Waals surface area contributed by atoms with Gasteiger partial charge in [-0.1, -0.05) is 11.6 Å². The molecule has 3 rings (SSSR count). The van der Waals surface area contributed by atoms with Gasteiger partial charge in [-0.15, -0.1) is 0 Å². The molecule has 2 atom stereocenters. The number of halogens is 1. The van der Waals surface area contributed by atoms with Crippen LogP contribution in [0.15, 0.2) is 23.1 Å². The van der Waals surface area contributed by atoms with Crippen LogP contribution >= 0.6 is 11.6 Å². The van der Waals surface area contributed by atoms with Gasteiger partial charge in [0.05, 0.1) is 4.92 Å². The van der Waals surface area contributed by atoms with Gasteiger partial charge in [-0.05, 0) is 37.1 Å². The van der Waals surface area contributed by atoms with Gasteiger partial charge in [0.15, 0.2) is 4.90 Å². The monoisotopic (exact) mass is 331 g/mol. The van der Waals surface area contributed by atoms with Crippen molar-refractivity contribution in [3.63, 3.8) is 0 Å². The highest BCUT2D eigenvalue weighted by Gasteiger charge is 2.43. The molecule has 1 N–H and O–H groups in total. The summed E-state index contributed by atoms with van der Waals surface area (Å²) >= 11 is 5.73. The molecule has 9 heteroatoms. The first kappa shape index (κ1) is 14.7. The molecule has 7 nitrogen and oxygen atoms in total. The van der Waals surface area contributed by atoms with Crippen LogP contribution in [-0.2, 0) is 10.0 Å². The molecule has 0 spiro atoms. The van der Waals surface area contributed by atoms with E-state index in [0.29, 0.717) is 13.1 Å². The van der Waals surface area contributed by atoms with Crippen LogP contribution in [0, 0.1) is 22.0 Å². The first-order valence-corrected chi connectivity index (χ1v) is 8.36. The van der Waals surface area contributed by atoms with Crippen LogP contribution < -0.4 is 5.32 Å². The lowest BCUT2D eigenvalue weighted by atomic mass is 10.0. The molecular formula is C12H14ClN3O4S. The van der Waals surface area contributed by atoms with Crippen LogP contribution in [0.25, 0.3) is 0 Å². The fraction of sp³-hybridized carbons (Fsp3) is 0.500. The predicted molar refractivity (Wildman–Crippen MR) is 76.7 cm³/mol. The summed E-state index contributed by atoms with van der Waals surface area (Å²) in [6.07, 6.45) is 0. The van der Waals surface area contributed by atoms with Gasteiger partial charge in [0.2, 0.25) is 10.0 Å². The van der Waals surface area contributed by atoms with E-state index in [4.69, 9.17) is 11.6 Å². The van der Waals surface area contributed by atoms with E-state index in [0.717, 1.165) is 19.2 Å². The van der Waals surface area contributed by atoms with Crippen LogP contribution in [0.3, 0.4) is 0 Å². The van der Waals surface area contributed by atoms with Crippen LogP contribution in [0.5, 0.6) is 0 Å². The Morgan fingerprint density at radius 2 is 1.90 bits per heavy atom. The summed E-state index contributed by atoms with van der Waals surface area (Å²) in [5, 5.41) is 14.5. The number of nitro benzene ring substituents is 1. The van der Waals surface area contributed by atoms with Crippen molar-refractivity contribution in [2.45, 2.75) is 4.90 Å². The summed E-state index contributed by atoms with van der Waals surface area (Å²) in [4.78, 5) is 10.1. The van der Waals surface area contributed by atoms with Crippen molar-refractivity contribution >= 4 is 27.3 Å². The molecule has 114 valence electrons. The molecule has 0 bridgehead atoms. The van der Waals surface area contributed by atoms with Gasteiger partial charge in [-0.3, -0.25) is 10.1 Å². The highest BCUT2D eigenvalue weighted by molar-refractivity contribution is 7.89. The van der Waals surface area contributed by atoms with E-state index in [1.165, 1.54) is 16.4 Å². The Morgan fingerprint density at radius 3 is 2.48 bits per heavy atom. The first-order valence-electron chi connectivity index (χ1n) is 6.54. The average molecular weight is 332 g/mol. The Balaban J connectivity index is 1.98. The zero-order valence-corrected chi connectivity index (χ0v) is 12.6. The number of nitrogens with zero attached hydrogens (tertiary/aromatic N) is 2. The third kappa shape index (κ3) is 2.52. The maximum absolute atomic E-state index is 12.7. The van der Waals surface area contributed by atoms with Gasteiger partial charge in [-0.2, -0.15) is 4.31 Å². The van der Waals surface area contributed by atoms with Gasteiger partial charge in [-0.25, -0.2) is 8.42 Å². The molecule has 0 amide bonds. The SMILES string of the molecule is O=[N+]([O-])c1cc(Cl)ccc1S(=O)(=O)N1CC2CNCC2C1. The molecule has 1 aromatic rings. The van der Waals surface area contributed by atoms with Crippen molar-refractivity contribution in [2.75, 3.05) is 26.2 Å². The average Bonchev–Trinajstić information content (AvgIpc) is 2.98. The maximum Gasteiger partial charge on any atom is 0.290 e. The number of benzene rings is 1. The van der Waals surface area contributed by atoms with E-state index in [9.17, 15) is 18.5 Å². The molecule has 0 aliphatic carbocycles. The van der Waals surface area contributed by atoms with Crippen LogP contribution in [0.1, 0.15) is 0 Å². The minimum Gasteiger partial charge on any atom is -0.316 e. The Hall–Kier alpha value is -1.22. The lowest BCUT2D eigenvalue weighted by molar-refractivity contribution is -0.387. The van der Waals surface area contributed by atoms with E-state index >= 15 is 0 Å². The van der Waals surface area contributed by atoms with E-state index in [1.54, 1.807) is 0 Å². The number of nitro groups is 1. The number of fused-ring (bicyclic) bond motifs is 1. The molecule has 2 aliphatic rings. The third-order valence-corrected chi connectivity index (χ3v) is 6.21. The molecule has 0 saturated carbocycles. The van der Waals surface area contributed by atoms with Gasteiger partial charge in [0.25, 0.3) is 5.69 Å². The van der Waals surface area contributed by atoms with Crippen molar-refractivity contribution in [3.8, 4) is 0 Å². The van der Waals surface area contributed by atoms with Gasteiger partial charge in [0.1, 0.15) is 0 Å².